The molecule has 0 spiro atoms. The van der Waals surface area contributed by atoms with Crippen molar-refractivity contribution >= 4 is 21.7 Å². The zero-order chi connectivity index (χ0) is 14.0. The van der Waals surface area contributed by atoms with Crippen molar-refractivity contribution in [2.75, 3.05) is 6.26 Å². The molecule has 19 heavy (non-hydrogen) atoms. The lowest BCUT2D eigenvalue weighted by Gasteiger charge is -2.08. The zero-order valence-corrected chi connectivity index (χ0v) is 11.4. The van der Waals surface area contributed by atoms with Gasteiger partial charge < -0.3 is 0 Å². The van der Waals surface area contributed by atoms with E-state index in [1.165, 1.54) is 6.07 Å². The van der Waals surface area contributed by atoms with Crippen LogP contribution in [-0.4, -0.2) is 26.4 Å². The average molecular weight is 281 g/mol. The second-order valence-electron chi connectivity index (χ2n) is 4.71. The van der Waals surface area contributed by atoms with Crippen LogP contribution in [0.2, 0.25) is 0 Å². The fourth-order valence-electron chi connectivity index (χ4n) is 2.18. The van der Waals surface area contributed by atoms with Crippen LogP contribution in [0.25, 0.3) is 0 Å². The summed E-state index contributed by atoms with van der Waals surface area (Å²) in [6, 6.07) is 4.71. The van der Waals surface area contributed by atoms with Gasteiger partial charge in [0.25, 0.3) is 5.91 Å². The van der Waals surface area contributed by atoms with Gasteiger partial charge in [0, 0.05) is 17.5 Å². The van der Waals surface area contributed by atoms with Crippen LogP contribution in [0.3, 0.4) is 0 Å². The van der Waals surface area contributed by atoms with Gasteiger partial charge in [-0.15, -0.1) is 0 Å². The SMILES string of the molecule is CS(=O)(=O)NC(=O)c1ccc2c(c1)CCCCC2=O. The van der Waals surface area contributed by atoms with E-state index >= 15 is 0 Å². The molecule has 0 aliphatic heterocycles. The molecule has 6 heteroatoms. The summed E-state index contributed by atoms with van der Waals surface area (Å²) in [5.74, 6) is -0.579. The molecule has 0 atom stereocenters. The van der Waals surface area contributed by atoms with Gasteiger partial charge in [-0.1, -0.05) is 6.07 Å². The lowest BCUT2D eigenvalue weighted by Crippen LogP contribution is -2.29. The van der Waals surface area contributed by atoms with E-state index in [1.54, 1.807) is 12.1 Å². The van der Waals surface area contributed by atoms with Crippen molar-refractivity contribution in [2.45, 2.75) is 25.7 Å². The number of amides is 1. The number of benzene rings is 1. The van der Waals surface area contributed by atoms with Gasteiger partial charge in [-0.2, -0.15) is 0 Å². The van der Waals surface area contributed by atoms with Crippen molar-refractivity contribution in [3.63, 3.8) is 0 Å². The van der Waals surface area contributed by atoms with E-state index in [1.807, 2.05) is 4.72 Å². The van der Waals surface area contributed by atoms with Gasteiger partial charge >= 0.3 is 0 Å². The molecule has 1 aromatic carbocycles. The third kappa shape index (κ3) is 3.41. The quantitative estimate of drug-likeness (QED) is 0.828. The van der Waals surface area contributed by atoms with E-state index in [0.29, 0.717) is 12.0 Å². The molecule has 0 radical (unpaired) electrons. The average Bonchev–Trinajstić information content (AvgIpc) is 2.49. The number of nitrogens with one attached hydrogen (secondary N) is 1. The summed E-state index contributed by atoms with van der Waals surface area (Å²) in [5.41, 5.74) is 1.73. The maximum atomic E-state index is 11.8. The van der Waals surface area contributed by atoms with Gasteiger partial charge in [-0.25, -0.2) is 13.1 Å². The fraction of sp³-hybridized carbons (Fsp3) is 0.385. The Bertz CT molecular complexity index is 634. The highest BCUT2D eigenvalue weighted by atomic mass is 32.2. The summed E-state index contributed by atoms with van der Waals surface area (Å²) >= 11 is 0. The number of sulfonamides is 1. The van der Waals surface area contributed by atoms with E-state index in [0.717, 1.165) is 31.1 Å². The Labute approximate surface area is 112 Å². The van der Waals surface area contributed by atoms with E-state index in [9.17, 15) is 18.0 Å². The number of carbonyl (C=O) groups is 2. The topological polar surface area (TPSA) is 80.3 Å². The smallest absolute Gasteiger partial charge is 0.264 e. The Balaban J connectivity index is 2.33. The molecule has 0 saturated carbocycles. The zero-order valence-electron chi connectivity index (χ0n) is 10.6. The van der Waals surface area contributed by atoms with Crippen molar-refractivity contribution < 1.29 is 18.0 Å². The Kier molecular flexibility index (Phi) is 3.71. The maximum Gasteiger partial charge on any atom is 0.264 e. The van der Waals surface area contributed by atoms with E-state index in [-0.39, 0.29) is 11.3 Å². The number of aryl methyl sites for hydroxylation is 1. The number of Topliss-reactive ketones (excluding diaryl/α,β-unsaturated/α-hetero) is 1. The number of carbonyl (C=O) groups excluding carboxylic acids is 2. The van der Waals surface area contributed by atoms with Gasteiger partial charge in [0.1, 0.15) is 0 Å². The van der Waals surface area contributed by atoms with Crippen LogP contribution in [0, 0.1) is 0 Å². The Morgan fingerprint density at radius 2 is 1.89 bits per heavy atom. The molecule has 0 fully saturated rings. The summed E-state index contributed by atoms with van der Waals surface area (Å²) in [5, 5.41) is 0. The van der Waals surface area contributed by atoms with Crippen molar-refractivity contribution in [1.29, 1.82) is 0 Å². The van der Waals surface area contributed by atoms with Crippen LogP contribution in [0.1, 0.15) is 45.5 Å². The van der Waals surface area contributed by atoms with Crippen LogP contribution < -0.4 is 4.72 Å². The van der Waals surface area contributed by atoms with Gasteiger partial charge in [0.15, 0.2) is 5.78 Å². The van der Waals surface area contributed by atoms with Gasteiger partial charge in [0.2, 0.25) is 10.0 Å². The summed E-state index contributed by atoms with van der Waals surface area (Å²) in [4.78, 5) is 23.6. The molecule has 102 valence electrons. The molecule has 0 heterocycles. The standard InChI is InChI=1S/C13H15NO4S/c1-19(17,18)14-13(16)10-6-7-11-9(8-10)4-2-3-5-12(11)15/h6-8H,2-5H2,1H3,(H,14,16). The summed E-state index contributed by atoms with van der Waals surface area (Å²) in [6.45, 7) is 0. The van der Waals surface area contributed by atoms with Crippen LogP contribution in [0.15, 0.2) is 18.2 Å². The highest BCUT2D eigenvalue weighted by Gasteiger charge is 2.18. The molecule has 0 aromatic heterocycles. The highest BCUT2D eigenvalue weighted by molar-refractivity contribution is 7.89. The van der Waals surface area contributed by atoms with Crippen molar-refractivity contribution in [1.82, 2.24) is 4.72 Å². The molecule has 1 aromatic rings. The Morgan fingerprint density at radius 3 is 2.58 bits per heavy atom. The summed E-state index contributed by atoms with van der Waals surface area (Å²) in [6.07, 6.45) is 3.94. The number of ketones is 1. The first-order valence-corrected chi connectivity index (χ1v) is 7.94. The van der Waals surface area contributed by atoms with E-state index in [2.05, 4.69) is 0 Å². The fourth-order valence-corrected chi connectivity index (χ4v) is 2.63. The highest BCUT2D eigenvalue weighted by Crippen LogP contribution is 2.21. The van der Waals surface area contributed by atoms with E-state index in [4.69, 9.17) is 0 Å². The molecular weight excluding hydrogens is 266 g/mol. The molecule has 1 amide bonds. The molecule has 2 rings (SSSR count). The molecule has 5 nitrogen and oxygen atoms in total. The number of fused-ring (bicyclic) bond motifs is 1. The van der Waals surface area contributed by atoms with Crippen LogP contribution in [0.5, 0.6) is 0 Å². The first-order valence-electron chi connectivity index (χ1n) is 6.05. The third-order valence-electron chi connectivity index (χ3n) is 3.05. The van der Waals surface area contributed by atoms with Crippen LogP contribution in [-0.2, 0) is 16.4 Å². The number of hydrogen-bond acceptors (Lipinski definition) is 4. The second kappa shape index (κ2) is 5.13. The normalized spacial score (nSPS) is 15.5. The minimum atomic E-state index is -3.58. The largest absolute Gasteiger partial charge is 0.294 e. The summed E-state index contributed by atoms with van der Waals surface area (Å²) in [7, 11) is -3.58. The van der Waals surface area contributed by atoms with Crippen LogP contribution >= 0.6 is 0 Å². The van der Waals surface area contributed by atoms with Gasteiger partial charge in [-0.3, -0.25) is 9.59 Å². The monoisotopic (exact) mass is 281 g/mol. The lowest BCUT2D eigenvalue weighted by molar-refractivity contribution is 0.0970. The maximum absolute atomic E-state index is 11.8. The van der Waals surface area contributed by atoms with E-state index < -0.39 is 15.9 Å². The second-order valence-corrected chi connectivity index (χ2v) is 6.45. The first kappa shape index (κ1) is 13.7. The third-order valence-corrected chi connectivity index (χ3v) is 3.60. The molecule has 1 aliphatic rings. The van der Waals surface area contributed by atoms with Gasteiger partial charge in [-0.05, 0) is 37.0 Å². The molecule has 1 N–H and O–H groups in total. The predicted octanol–water partition coefficient (Wildman–Crippen LogP) is 1.29. The van der Waals surface area contributed by atoms with Crippen molar-refractivity contribution in [3.05, 3.63) is 34.9 Å². The lowest BCUT2D eigenvalue weighted by atomic mass is 9.99. The molecular formula is C13H15NO4S. The minimum absolute atomic E-state index is 0.0857. The van der Waals surface area contributed by atoms with Crippen molar-refractivity contribution in [3.8, 4) is 0 Å². The number of rotatable bonds is 2. The van der Waals surface area contributed by atoms with Crippen LogP contribution in [0.4, 0.5) is 0 Å². The Hall–Kier alpha value is -1.69. The number of hydrogen-bond donors (Lipinski definition) is 1. The predicted molar refractivity (Wildman–Crippen MR) is 70.6 cm³/mol. The molecule has 1 aliphatic carbocycles. The van der Waals surface area contributed by atoms with Crippen molar-refractivity contribution in [2.24, 2.45) is 0 Å². The Morgan fingerprint density at radius 1 is 1.21 bits per heavy atom. The van der Waals surface area contributed by atoms with Gasteiger partial charge in [0.05, 0.1) is 6.26 Å². The minimum Gasteiger partial charge on any atom is -0.294 e. The molecule has 0 saturated heterocycles. The molecule has 0 bridgehead atoms. The molecule has 0 unspecified atom stereocenters. The summed E-state index contributed by atoms with van der Waals surface area (Å²) < 4.78 is 24.0. The first-order chi connectivity index (χ1) is 8.87.